The monoisotopic (exact) mass is 436 g/mol. The predicted octanol–water partition coefficient (Wildman–Crippen LogP) is 3.56. The van der Waals surface area contributed by atoms with Gasteiger partial charge in [-0.15, -0.1) is 0 Å². The Morgan fingerprint density at radius 2 is 2.06 bits per heavy atom. The smallest absolute Gasteiger partial charge is 0.219 e. The molecule has 2 aliphatic rings. The van der Waals surface area contributed by atoms with Crippen molar-refractivity contribution in [2.75, 3.05) is 37.8 Å². The predicted molar refractivity (Wildman–Crippen MR) is 120 cm³/mol. The van der Waals surface area contributed by atoms with Gasteiger partial charge in [-0.05, 0) is 30.7 Å². The highest BCUT2D eigenvalue weighted by Gasteiger charge is 2.21. The average Bonchev–Trinajstić information content (AvgIpc) is 3.42. The molecule has 0 N–H and O–H groups in total. The number of likely N-dealkylation sites (tertiary alicyclic amines) is 1. The zero-order valence-electron chi connectivity index (χ0n) is 17.9. The van der Waals surface area contributed by atoms with Crippen molar-refractivity contribution in [2.24, 2.45) is 12.0 Å². The number of rotatable bonds is 7. The number of ether oxygens (including phenoxy) is 2. The van der Waals surface area contributed by atoms with Crippen LogP contribution < -0.4 is 14.4 Å². The van der Waals surface area contributed by atoms with Crippen LogP contribution in [0.2, 0.25) is 0 Å². The lowest BCUT2D eigenvalue weighted by Gasteiger charge is -2.25. The van der Waals surface area contributed by atoms with E-state index in [9.17, 15) is 4.39 Å². The number of aryl methyl sites for hydroxylation is 1. The highest BCUT2D eigenvalue weighted by Crippen LogP contribution is 2.33. The molecule has 2 aromatic heterocycles. The minimum absolute atomic E-state index is 0.478. The summed E-state index contributed by atoms with van der Waals surface area (Å²) in [6.07, 6.45) is 5.30. The Labute approximate surface area is 185 Å². The molecule has 0 bridgehead atoms. The van der Waals surface area contributed by atoms with E-state index in [0.717, 1.165) is 23.6 Å². The fourth-order valence-electron chi connectivity index (χ4n) is 3.90. The van der Waals surface area contributed by atoms with Crippen LogP contribution in [0.5, 0.6) is 17.4 Å². The van der Waals surface area contributed by atoms with E-state index in [1.165, 1.54) is 0 Å². The van der Waals surface area contributed by atoms with Crippen molar-refractivity contribution in [1.82, 2.24) is 19.7 Å². The molecule has 0 unspecified atom stereocenters. The molecule has 0 aliphatic carbocycles. The van der Waals surface area contributed by atoms with Gasteiger partial charge < -0.3 is 14.4 Å². The Balaban J connectivity index is 1.20. The van der Waals surface area contributed by atoms with Gasteiger partial charge >= 0.3 is 0 Å². The SMILES string of the molecule is Cn1ccc(N2CN=Cc3cc(Oc4ccc(OCCN5CC[C@H](F)C5)cn4)ccc32)n1. The Kier molecular flexibility index (Phi) is 5.72. The summed E-state index contributed by atoms with van der Waals surface area (Å²) in [5, 5.41) is 4.47. The molecular formula is C23H25FN6O2. The van der Waals surface area contributed by atoms with Gasteiger partial charge in [0.1, 0.15) is 30.9 Å². The Hall–Kier alpha value is -3.46. The Morgan fingerprint density at radius 3 is 2.81 bits per heavy atom. The van der Waals surface area contributed by atoms with Crippen LogP contribution in [-0.4, -0.2) is 65.0 Å². The van der Waals surface area contributed by atoms with Gasteiger partial charge in [0, 0.05) is 56.8 Å². The van der Waals surface area contributed by atoms with E-state index in [0.29, 0.717) is 50.2 Å². The van der Waals surface area contributed by atoms with Gasteiger partial charge in [0.25, 0.3) is 0 Å². The maximum absolute atomic E-state index is 13.2. The minimum atomic E-state index is -0.707. The van der Waals surface area contributed by atoms with E-state index < -0.39 is 6.17 Å². The normalized spacial score (nSPS) is 18.1. The van der Waals surface area contributed by atoms with Crippen LogP contribution in [0.25, 0.3) is 0 Å². The van der Waals surface area contributed by atoms with Gasteiger partial charge in [0.15, 0.2) is 5.82 Å². The van der Waals surface area contributed by atoms with Crippen molar-refractivity contribution in [3.8, 4) is 17.4 Å². The first kappa shape index (κ1) is 20.4. The Bertz CT molecular complexity index is 1100. The van der Waals surface area contributed by atoms with Crippen LogP contribution in [0.4, 0.5) is 15.9 Å². The summed E-state index contributed by atoms with van der Waals surface area (Å²) in [4.78, 5) is 12.9. The third-order valence-corrected chi connectivity index (χ3v) is 5.54. The number of benzene rings is 1. The van der Waals surface area contributed by atoms with Gasteiger partial charge in [-0.25, -0.2) is 9.37 Å². The van der Waals surface area contributed by atoms with E-state index in [2.05, 4.69) is 24.9 Å². The second kappa shape index (κ2) is 8.96. The van der Waals surface area contributed by atoms with E-state index >= 15 is 0 Å². The molecule has 8 nitrogen and oxygen atoms in total. The molecule has 5 rings (SSSR count). The highest BCUT2D eigenvalue weighted by molar-refractivity contribution is 5.92. The van der Waals surface area contributed by atoms with Crippen LogP contribution in [0.3, 0.4) is 0 Å². The van der Waals surface area contributed by atoms with Crippen molar-refractivity contribution in [3.63, 3.8) is 0 Å². The van der Waals surface area contributed by atoms with Gasteiger partial charge in [-0.3, -0.25) is 14.6 Å². The van der Waals surface area contributed by atoms with Crippen molar-refractivity contribution in [1.29, 1.82) is 0 Å². The summed E-state index contributed by atoms with van der Waals surface area (Å²) >= 11 is 0. The fraction of sp³-hybridized carbons (Fsp3) is 0.348. The zero-order chi connectivity index (χ0) is 21.9. The second-order valence-electron chi connectivity index (χ2n) is 7.92. The molecule has 0 spiro atoms. The second-order valence-corrected chi connectivity index (χ2v) is 7.92. The summed E-state index contributed by atoms with van der Waals surface area (Å²) in [7, 11) is 1.89. The number of pyridine rings is 1. The summed E-state index contributed by atoms with van der Waals surface area (Å²) in [6.45, 7) is 3.04. The number of nitrogens with zero attached hydrogens (tertiary/aromatic N) is 6. The number of aromatic nitrogens is 3. The lowest BCUT2D eigenvalue weighted by atomic mass is 10.1. The molecule has 1 fully saturated rings. The van der Waals surface area contributed by atoms with E-state index in [1.807, 2.05) is 49.8 Å². The first-order chi connectivity index (χ1) is 15.6. The highest BCUT2D eigenvalue weighted by atomic mass is 19.1. The standard InChI is InChI=1S/C23H25FN6O2/c1-28-8-7-22(27-28)30-16-25-13-17-12-19(2-4-21(17)30)32-23-5-3-20(14-26-23)31-11-10-29-9-6-18(24)15-29/h2-5,7-8,12-14,18H,6,9-11,15-16H2,1H3/t18-/m0/s1. The molecule has 4 heterocycles. The van der Waals surface area contributed by atoms with Crippen molar-refractivity contribution < 1.29 is 13.9 Å². The average molecular weight is 436 g/mol. The molecule has 32 heavy (non-hydrogen) atoms. The number of aliphatic imine (C=N–C) groups is 1. The van der Waals surface area contributed by atoms with Crippen LogP contribution in [-0.2, 0) is 7.05 Å². The summed E-state index contributed by atoms with van der Waals surface area (Å²) in [6, 6.07) is 11.4. The largest absolute Gasteiger partial charge is 0.491 e. The quantitative estimate of drug-likeness (QED) is 0.564. The van der Waals surface area contributed by atoms with E-state index in [-0.39, 0.29) is 0 Å². The third-order valence-electron chi connectivity index (χ3n) is 5.54. The number of alkyl halides is 1. The lowest BCUT2D eigenvalue weighted by molar-refractivity contribution is 0.224. The molecule has 0 amide bonds. The van der Waals surface area contributed by atoms with Crippen molar-refractivity contribution in [3.05, 3.63) is 54.4 Å². The number of hydrogen-bond donors (Lipinski definition) is 0. The molecule has 1 saturated heterocycles. The number of fused-ring (bicyclic) bond motifs is 1. The molecular weight excluding hydrogens is 411 g/mol. The molecule has 166 valence electrons. The maximum Gasteiger partial charge on any atom is 0.219 e. The van der Waals surface area contributed by atoms with Gasteiger partial charge in [-0.2, -0.15) is 5.10 Å². The first-order valence-electron chi connectivity index (χ1n) is 10.7. The summed E-state index contributed by atoms with van der Waals surface area (Å²) in [5.41, 5.74) is 1.98. The minimum Gasteiger partial charge on any atom is -0.491 e. The molecule has 0 radical (unpaired) electrons. The summed E-state index contributed by atoms with van der Waals surface area (Å²) in [5.74, 6) is 2.67. The van der Waals surface area contributed by atoms with Gasteiger partial charge in [0.2, 0.25) is 5.88 Å². The zero-order valence-corrected chi connectivity index (χ0v) is 17.9. The molecule has 2 aliphatic heterocycles. The molecule has 9 heteroatoms. The van der Waals surface area contributed by atoms with E-state index in [4.69, 9.17) is 9.47 Å². The lowest BCUT2D eigenvalue weighted by Crippen LogP contribution is -2.26. The first-order valence-corrected chi connectivity index (χ1v) is 10.7. The molecule has 3 aromatic rings. The van der Waals surface area contributed by atoms with Crippen molar-refractivity contribution >= 4 is 17.7 Å². The van der Waals surface area contributed by atoms with Gasteiger partial charge in [0.05, 0.1) is 11.9 Å². The van der Waals surface area contributed by atoms with Crippen LogP contribution in [0.15, 0.2) is 53.8 Å². The topological polar surface area (TPSA) is 68.0 Å². The molecule has 1 aromatic carbocycles. The Morgan fingerprint density at radius 1 is 1.16 bits per heavy atom. The summed E-state index contributed by atoms with van der Waals surface area (Å²) < 4.78 is 26.6. The number of halogens is 1. The fourth-order valence-corrected chi connectivity index (χ4v) is 3.90. The van der Waals surface area contributed by atoms with Crippen LogP contribution in [0, 0.1) is 0 Å². The number of anilines is 2. The maximum atomic E-state index is 13.2. The molecule has 0 saturated carbocycles. The van der Waals surface area contributed by atoms with Crippen LogP contribution in [0.1, 0.15) is 12.0 Å². The van der Waals surface area contributed by atoms with E-state index in [1.54, 1.807) is 16.9 Å². The third kappa shape index (κ3) is 4.57. The van der Waals surface area contributed by atoms with Crippen molar-refractivity contribution in [2.45, 2.75) is 12.6 Å². The number of hydrogen-bond acceptors (Lipinski definition) is 7. The molecule has 1 atom stereocenters. The van der Waals surface area contributed by atoms with Gasteiger partial charge in [-0.1, -0.05) is 0 Å². The van der Waals surface area contributed by atoms with Crippen LogP contribution >= 0.6 is 0 Å².